The number of anilines is 6. The summed E-state index contributed by atoms with van der Waals surface area (Å²) in [5.74, 6) is -0.346. The lowest BCUT2D eigenvalue weighted by Gasteiger charge is -2.14. The first-order chi connectivity index (χ1) is 17.5. The van der Waals surface area contributed by atoms with Gasteiger partial charge >= 0.3 is 12.2 Å². The molecule has 0 saturated heterocycles. The fourth-order valence-corrected chi connectivity index (χ4v) is 3.41. The van der Waals surface area contributed by atoms with Crippen molar-refractivity contribution in [3.63, 3.8) is 0 Å². The number of nitrogens with zero attached hydrogens (tertiary/aromatic N) is 3. The van der Waals surface area contributed by atoms with E-state index in [2.05, 4.69) is 41.4 Å². The van der Waals surface area contributed by atoms with Gasteiger partial charge in [0, 0.05) is 28.8 Å². The molecule has 4 rings (SSSR count). The third kappa shape index (κ3) is 6.44. The molecule has 0 aliphatic rings. The van der Waals surface area contributed by atoms with Crippen molar-refractivity contribution in [2.75, 3.05) is 21.3 Å². The molecule has 37 heavy (non-hydrogen) atoms. The molecule has 14 heteroatoms. The van der Waals surface area contributed by atoms with Crippen molar-refractivity contribution < 1.29 is 22.4 Å². The van der Waals surface area contributed by atoms with Gasteiger partial charge in [-0.2, -0.15) is 23.3 Å². The Balaban J connectivity index is 1.47. The number of nitrogens with one attached hydrogen (secondary N) is 5. The number of aromatic amines is 1. The van der Waals surface area contributed by atoms with E-state index in [1.165, 1.54) is 6.07 Å². The number of amides is 2. The van der Waals surface area contributed by atoms with Crippen molar-refractivity contribution in [2.24, 2.45) is 0 Å². The van der Waals surface area contributed by atoms with Gasteiger partial charge in [-0.25, -0.2) is 14.2 Å². The number of H-pyrrole nitrogens is 1. The fraction of sp³-hybridized carbons (Fsp3) is 0.130. The summed E-state index contributed by atoms with van der Waals surface area (Å²) in [5, 5.41) is 16.8. The molecule has 0 atom stereocenters. The second-order valence-electron chi connectivity index (χ2n) is 7.88. The van der Waals surface area contributed by atoms with E-state index >= 15 is 0 Å². The van der Waals surface area contributed by atoms with Gasteiger partial charge in [-0.3, -0.25) is 5.10 Å². The summed E-state index contributed by atoms with van der Waals surface area (Å²) in [6.45, 7) is 3.58. The molecule has 4 aromatic rings. The van der Waals surface area contributed by atoms with Gasteiger partial charge in [0.1, 0.15) is 0 Å². The molecule has 2 aromatic heterocycles. The van der Waals surface area contributed by atoms with Crippen LogP contribution in [0.1, 0.15) is 16.8 Å². The van der Waals surface area contributed by atoms with Crippen LogP contribution < -0.4 is 21.3 Å². The zero-order chi connectivity index (χ0) is 26.7. The van der Waals surface area contributed by atoms with E-state index in [1.54, 1.807) is 38.1 Å². The van der Waals surface area contributed by atoms with Gasteiger partial charge < -0.3 is 21.3 Å². The number of urea groups is 1. The first-order valence-corrected chi connectivity index (χ1v) is 11.0. The molecule has 0 radical (unpaired) electrons. The van der Waals surface area contributed by atoms with Crippen LogP contribution in [0.15, 0.2) is 48.7 Å². The first-order valence-electron chi connectivity index (χ1n) is 10.6. The molecule has 192 valence electrons. The number of carbonyl (C=O) groups is 1. The highest BCUT2D eigenvalue weighted by molar-refractivity contribution is 6.31. The Bertz CT molecular complexity index is 1460. The normalized spacial score (nSPS) is 11.2. The summed E-state index contributed by atoms with van der Waals surface area (Å²) in [6.07, 6.45) is -3.68. The minimum absolute atomic E-state index is 0.0710. The van der Waals surface area contributed by atoms with Gasteiger partial charge in [-0.05, 0) is 49.7 Å². The number of carbonyl (C=O) groups excluding carboxylic acids is 1. The van der Waals surface area contributed by atoms with E-state index in [0.29, 0.717) is 17.2 Å². The largest absolute Gasteiger partial charge is 0.417 e. The van der Waals surface area contributed by atoms with Crippen molar-refractivity contribution >= 4 is 52.3 Å². The second kappa shape index (κ2) is 10.3. The number of hydrogen-bond acceptors (Lipinski definition) is 6. The summed E-state index contributed by atoms with van der Waals surface area (Å²) in [6, 6.07) is 8.80. The SMILES string of the molecule is Cc1cc(Nc2nc(Nc3cc(NC(=O)Nc4ccc(Cl)c(C(F)(F)F)c4)ccc3C)ncc2F)n[nH]1. The Morgan fingerprint density at radius 3 is 2.38 bits per heavy atom. The number of rotatable bonds is 6. The Kier molecular flexibility index (Phi) is 7.16. The summed E-state index contributed by atoms with van der Waals surface area (Å²) in [7, 11) is 0. The van der Waals surface area contributed by atoms with Crippen LogP contribution in [0.3, 0.4) is 0 Å². The van der Waals surface area contributed by atoms with E-state index in [1.807, 2.05) is 0 Å². The third-order valence-corrected chi connectivity index (χ3v) is 5.30. The predicted molar refractivity (Wildman–Crippen MR) is 132 cm³/mol. The second-order valence-corrected chi connectivity index (χ2v) is 8.28. The first kappa shape index (κ1) is 25.7. The highest BCUT2D eigenvalue weighted by Gasteiger charge is 2.33. The maximum Gasteiger partial charge on any atom is 0.417 e. The summed E-state index contributed by atoms with van der Waals surface area (Å²) in [5.41, 5.74) is 1.19. The van der Waals surface area contributed by atoms with E-state index in [-0.39, 0.29) is 17.5 Å². The number of halogens is 5. The molecule has 0 spiro atoms. The average Bonchev–Trinajstić information content (AvgIpc) is 3.23. The van der Waals surface area contributed by atoms with Gasteiger partial charge in [0.05, 0.1) is 16.8 Å². The Morgan fingerprint density at radius 1 is 1.00 bits per heavy atom. The standard InChI is InChI=1S/C23H19ClF4N8O/c1-11-3-4-14(31-22(37)30-13-5-6-16(24)15(8-13)23(26,27)28)9-18(11)32-21-29-10-17(25)20(34-21)33-19-7-12(2)35-36-19/h3-10H,1-2H3,(H2,30,31,37)(H3,29,32,33,34,35,36). The van der Waals surface area contributed by atoms with Crippen LogP contribution >= 0.6 is 11.6 Å². The Hall–Kier alpha value is -4.39. The molecule has 0 unspecified atom stereocenters. The molecule has 2 heterocycles. The highest BCUT2D eigenvalue weighted by atomic mass is 35.5. The number of aryl methyl sites for hydroxylation is 2. The lowest BCUT2D eigenvalue weighted by molar-refractivity contribution is -0.137. The quantitative estimate of drug-likeness (QED) is 0.174. The zero-order valence-corrected chi connectivity index (χ0v) is 20.0. The van der Waals surface area contributed by atoms with Crippen molar-refractivity contribution in [3.05, 3.63) is 76.3 Å². The molecular weight excluding hydrogens is 516 g/mol. The molecule has 0 saturated carbocycles. The molecule has 2 aromatic carbocycles. The Morgan fingerprint density at radius 2 is 1.70 bits per heavy atom. The van der Waals surface area contributed by atoms with Crippen LogP contribution in [0.25, 0.3) is 0 Å². The van der Waals surface area contributed by atoms with Crippen LogP contribution in [0.4, 0.5) is 57.0 Å². The summed E-state index contributed by atoms with van der Waals surface area (Å²) < 4.78 is 53.4. The average molecular weight is 535 g/mol. The van der Waals surface area contributed by atoms with Crippen LogP contribution in [0, 0.1) is 19.7 Å². The molecular formula is C23H19ClF4N8O. The van der Waals surface area contributed by atoms with Crippen molar-refractivity contribution in [1.29, 1.82) is 0 Å². The van der Waals surface area contributed by atoms with Crippen molar-refractivity contribution in [2.45, 2.75) is 20.0 Å². The minimum atomic E-state index is -4.67. The van der Waals surface area contributed by atoms with E-state index in [4.69, 9.17) is 11.6 Å². The summed E-state index contributed by atoms with van der Waals surface area (Å²) in [4.78, 5) is 20.5. The van der Waals surface area contributed by atoms with Crippen molar-refractivity contribution in [3.8, 4) is 0 Å². The molecule has 0 aliphatic carbocycles. The number of benzene rings is 2. The van der Waals surface area contributed by atoms with Crippen LogP contribution in [-0.4, -0.2) is 26.2 Å². The highest BCUT2D eigenvalue weighted by Crippen LogP contribution is 2.36. The maximum atomic E-state index is 14.2. The maximum absolute atomic E-state index is 14.2. The molecule has 0 fully saturated rings. The topological polar surface area (TPSA) is 120 Å². The summed E-state index contributed by atoms with van der Waals surface area (Å²) >= 11 is 5.61. The lowest BCUT2D eigenvalue weighted by atomic mass is 10.2. The van der Waals surface area contributed by atoms with Gasteiger partial charge in [-0.1, -0.05) is 17.7 Å². The zero-order valence-electron chi connectivity index (χ0n) is 19.3. The van der Waals surface area contributed by atoms with Gasteiger partial charge in [0.2, 0.25) is 5.95 Å². The predicted octanol–water partition coefficient (Wildman–Crippen LogP) is 6.76. The molecule has 2 amide bonds. The van der Waals surface area contributed by atoms with E-state index < -0.39 is 28.6 Å². The lowest BCUT2D eigenvalue weighted by Crippen LogP contribution is -2.20. The van der Waals surface area contributed by atoms with Crippen LogP contribution in [-0.2, 0) is 6.18 Å². The van der Waals surface area contributed by atoms with Crippen molar-refractivity contribution in [1.82, 2.24) is 20.2 Å². The molecule has 5 N–H and O–H groups in total. The monoisotopic (exact) mass is 534 g/mol. The molecule has 0 aliphatic heterocycles. The number of alkyl halides is 3. The molecule has 0 bridgehead atoms. The number of aromatic nitrogens is 4. The van der Waals surface area contributed by atoms with Gasteiger partial charge in [0.15, 0.2) is 17.5 Å². The number of hydrogen-bond donors (Lipinski definition) is 5. The van der Waals surface area contributed by atoms with E-state index in [0.717, 1.165) is 29.6 Å². The minimum Gasteiger partial charge on any atom is -0.324 e. The fourth-order valence-electron chi connectivity index (χ4n) is 3.19. The smallest absolute Gasteiger partial charge is 0.324 e. The third-order valence-electron chi connectivity index (χ3n) is 4.97. The van der Waals surface area contributed by atoms with Gasteiger partial charge in [-0.15, -0.1) is 0 Å². The van der Waals surface area contributed by atoms with Gasteiger partial charge in [0.25, 0.3) is 0 Å². The van der Waals surface area contributed by atoms with Crippen LogP contribution in [0.2, 0.25) is 5.02 Å². The van der Waals surface area contributed by atoms with Crippen LogP contribution in [0.5, 0.6) is 0 Å². The van der Waals surface area contributed by atoms with E-state index in [9.17, 15) is 22.4 Å². The Labute approximate surface area is 212 Å². The molecule has 9 nitrogen and oxygen atoms in total.